The lowest BCUT2D eigenvalue weighted by molar-refractivity contribution is 0.0976. The first-order chi connectivity index (χ1) is 10.2. The van der Waals surface area contributed by atoms with Crippen LogP contribution in [0.2, 0.25) is 0 Å². The summed E-state index contributed by atoms with van der Waals surface area (Å²) in [6.45, 7) is 6.38. The van der Waals surface area contributed by atoms with E-state index in [2.05, 4.69) is 17.4 Å². The first-order valence-corrected chi connectivity index (χ1v) is 7.74. The van der Waals surface area contributed by atoms with Crippen LogP contribution in [0.3, 0.4) is 0 Å². The molecule has 21 heavy (non-hydrogen) atoms. The van der Waals surface area contributed by atoms with E-state index in [9.17, 15) is 4.79 Å². The number of hydrogen-bond donors (Lipinski definition) is 1. The van der Waals surface area contributed by atoms with Crippen LogP contribution in [0.4, 0.5) is 4.79 Å². The summed E-state index contributed by atoms with van der Waals surface area (Å²) in [6, 6.07) is -0.150. The van der Waals surface area contributed by atoms with Crippen LogP contribution in [0, 0.1) is 0 Å². The van der Waals surface area contributed by atoms with Crippen LogP contribution in [0.15, 0.2) is 4.52 Å². The Morgan fingerprint density at radius 2 is 2.33 bits per heavy atom. The number of carbonyl (C=O) groups excluding carboxylic acids is 1. The van der Waals surface area contributed by atoms with Crippen molar-refractivity contribution >= 4 is 6.09 Å². The van der Waals surface area contributed by atoms with E-state index in [1.165, 1.54) is 0 Å². The summed E-state index contributed by atoms with van der Waals surface area (Å²) in [6.07, 6.45) is 4.00. The van der Waals surface area contributed by atoms with Crippen LogP contribution in [0.5, 0.6) is 5.88 Å². The van der Waals surface area contributed by atoms with Crippen molar-refractivity contribution in [3.05, 3.63) is 11.3 Å². The highest BCUT2D eigenvalue weighted by Gasteiger charge is 2.31. The van der Waals surface area contributed by atoms with Crippen LogP contribution in [0.25, 0.3) is 0 Å². The molecule has 2 atom stereocenters. The van der Waals surface area contributed by atoms with Gasteiger partial charge in [-0.15, -0.1) is 0 Å². The number of aryl methyl sites for hydroxylation is 1. The molecule has 1 aromatic rings. The zero-order valence-corrected chi connectivity index (χ0v) is 13.0. The fourth-order valence-corrected chi connectivity index (χ4v) is 2.66. The van der Waals surface area contributed by atoms with Crippen molar-refractivity contribution in [2.24, 2.45) is 0 Å². The number of rotatable bonds is 6. The minimum atomic E-state index is -0.391. The Kier molecular flexibility index (Phi) is 5.47. The zero-order valence-electron chi connectivity index (χ0n) is 13.0. The fourth-order valence-electron chi connectivity index (χ4n) is 2.66. The molecule has 118 valence electrons. The second-order valence-electron chi connectivity index (χ2n) is 5.35. The van der Waals surface area contributed by atoms with Gasteiger partial charge < -0.3 is 19.3 Å². The predicted molar refractivity (Wildman–Crippen MR) is 77.3 cm³/mol. The number of nitrogens with zero attached hydrogens (tertiary/aromatic N) is 1. The second kappa shape index (κ2) is 7.33. The van der Waals surface area contributed by atoms with E-state index in [-0.39, 0.29) is 12.1 Å². The summed E-state index contributed by atoms with van der Waals surface area (Å²) in [4.78, 5) is 12.0. The minimum Gasteiger partial charge on any atom is -0.476 e. The van der Waals surface area contributed by atoms with Crippen molar-refractivity contribution in [3.8, 4) is 5.88 Å². The molecule has 0 fully saturated rings. The van der Waals surface area contributed by atoms with E-state index in [4.69, 9.17) is 14.0 Å². The number of nitrogens with one attached hydrogen (secondary N) is 1. The summed E-state index contributed by atoms with van der Waals surface area (Å²) in [5.74, 6) is 1.29. The van der Waals surface area contributed by atoms with E-state index in [0.717, 1.165) is 43.4 Å². The van der Waals surface area contributed by atoms with Crippen molar-refractivity contribution in [1.29, 1.82) is 0 Å². The number of fused-ring (bicyclic) bond motifs is 1. The van der Waals surface area contributed by atoms with Gasteiger partial charge in [-0.2, -0.15) is 0 Å². The van der Waals surface area contributed by atoms with Crippen LogP contribution in [-0.2, 0) is 11.2 Å². The standard InChI is InChI=1S/C15H24N2O4/c1-4-7-10(3)20-15(18)16-11-8-6-9-12-13(11)14(17-21-12)19-5-2/h10-11H,4-9H2,1-3H3,(H,16,18). The third kappa shape index (κ3) is 3.89. The molecule has 0 bridgehead atoms. The lowest BCUT2D eigenvalue weighted by Crippen LogP contribution is -2.33. The van der Waals surface area contributed by atoms with E-state index in [1.54, 1.807) is 0 Å². The molecule has 0 saturated heterocycles. The molecule has 2 rings (SSSR count). The third-order valence-corrected chi connectivity index (χ3v) is 3.59. The quantitative estimate of drug-likeness (QED) is 0.871. The molecule has 1 aliphatic carbocycles. The summed E-state index contributed by atoms with van der Waals surface area (Å²) < 4.78 is 16.1. The number of amides is 1. The highest BCUT2D eigenvalue weighted by Crippen LogP contribution is 2.36. The van der Waals surface area contributed by atoms with Crippen LogP contribution < -0.4 is 10.1 Å². The van der Waals surface area contributed by atoms with E-state index in [0.29, 0.717) is 12.5 Å². The lowest BCUT2D eigenvalue weighted by Gasteiger charge is -2.23. The molecule has 0 aromatic carbocycles. The van der Waals surface area contributed by atoms with Crippen molar-refractivity contribution in [1.82, 2.24) is 10.5 Å². The Balaban J connectivity index is 2.02. The second-order valence-corrected chi connectivity index (χ2v) is 5.35. The zero-order chi connectivity index (χ0) is 15.2. The molecule has 6 nitrogen and oxygen atoms in total. The maximum absolute atomic E-state index is 12.0. The van der Waals surface area contributed by atoms with Gasteiger partial charge in [-0.25, -0.2) is 4.79 Å². The number of hydrogen-bond acceptors (Lipinski definition) is 5. The Labute approximate surface area is 125 Å². The van der Waals surface area contributed by atoms with Gasteiger partial charge in [-0.3, -0.25) is 0 Å². The Morgan fingerprint density at radius 3 is 3.05 bits per heavy atom. The molecule has 1 aliphatic rings. The summed E-state index contributed by atoms with van der Waals surface area (Å²) in [5.41, 5.74) is 0.864. The first kappa shape index (κ1) is 15.7. The fraction of sp³-hybridized carbons (Fsp3) is 0.733. The van der Waals surface area contributed by atoms with Crippen molar-refractivity contribution in [3.63, 3.8) is 0 Å². The Hall–Kier alpha value is -1.72. The molecule has 2 unspecified atom stereocenters. The summed E-state index contributed by atoms with van der Waals surface area (Å²) >= 11 is 0. The van der Waals surface area contributed by atoms with E-state index in [1.807, 2.05) is 13.8 Å². The average Bonchev–Trinajstić information content (AvgIpc) is 2.84. The van der Waals surface area contributed by atoms with Gasteiger partial charge in [0.05, 0.1) is 18.2 Å². The molecule has 0 saturated carbocycles. The van der Waals surface area contributed by atoms with E-state index >= 15 is 0 Å². The van der Waals surface area contributed by atoms with Crippen molar-refractivity contribution in [2.45, 2.75) is 65.0 Å². The van der Waals surface area contributed by atoms with Gasteiger partial charge in [-0.05, 0) is 38.3 Å². The molecule has 0 radical (unpaired) electrons. The monoisotopic (exact) mass is 296 g/mol. The maximum Gasteiger partial charge on any atom is 0.407 e. The van der Waals surface area contributed by atoms with Crippen molar-refractivity contribution < 1.29 is 18.8 Å². The highest BCUT2D eigenvalue weighted by atomic mass is 16.6. The molecule has 0 spiro atoms. The van der Waals surface area contributed by atoms with Crippen molar-refractivity contribution in [2.75, 3.05) is 6.61 Å². The lowest BCUT2D eigenvalue weighted by atomic mass is 9.93. The number of carbonyl (C=O) groups is 1. The van der Waals surface area contributed by atoms with Gasteiger partial charge in [0.25, 0.3) is 5.88 Å². The smallest absolute Gasteiger partial charge is 0.407 e. The molecule has 6 heteroatoms. The molecule has 1 amide bonds. The average molecular weight is 296 g/mol. The summed E-state index contributed by atoms with van der Waals surface area (Å²) in [7, 11) is 0. The molecule has 1 heterocycles. The maximum atomic E-state index is 12.0. The number of ether oxygens (including phenoxy) is 2. The van der Waals surface area contributed by atoms with Crippen LogP contribution in [-0.4, -0.2) is 24.0 Å². The molecular weight excluding hydrogens is 272 g/mol. The van der Waals surface area contributed by atoms with Gasteiger partial charge >= 0.3 is 6.09 Å². The minimum absolute atomic E-state index is 0.0769. The number of aromatic nitrogens is 1. The third-order valence-electron chi connectivity index (χ3n) is 3.59. The first-order valence-electron chi connectivity index (χ1n) is 7.74. The van der Waals surface area contributed by atoms with Crippen LogP contribution >= 0.6 is 0 Å². The largest absolute Gasteiger partial charge is 0.476 e. The SMILES string of the molecule is CCCC(C)OC(=O)NC1CCCc2onc(OCC)c21. The molecule has 1 N–H and O–H groups in total. The van der Waals surface area contributed by atoms with E-state index < -0.39 is 6.09 Å². The Morgan fingerprint density at radius 1 is 1.52 bits per heavy atom. The normalized spacial score (nSPS) is 18.7. The van der Waals surface area contributed by atoms with Gasteiger partial charge in [0, 0.05) is 6.42 Å². The molecule has 0 aliphatic heterocycles. The van der Waals surface area contributed by atoms with Gasteiger partial charge in [-0.1, -0.05) is 13.3 Å². The Bertz CT molecular complexity index is 472. The molecule has 1 aromatic heterocycles. The van der Waals surface area contributed by atoms with Crippen LogP contribution in [0.1, 0.15) is 63.8 Å². The predicted octanol–water partition coefficient (Wildman–Crippen LogP) is 3.37. The number of alkyl carbamates (subject to hydrolysis) is 1. The topological polar surface area (TPSA) is 73.6 Å². The van der Waals surface area contributed by atoms with Gasteiger partial charge in [0.2, 0.25) is 0 Å². The van der Waals surface area contributed by atoms with Gasteiger partial charge in [0.15, 0.2) is 0 Å². The molecular formula is C15H24N2O4. The van der Waals surface area contributed by atoms with Gasteiger partial charge in [0.1, 0.15) is 11.9 Å². The summed E-state index contributed by atoms with van der Waals surface area (Å²) in [5, 5.41) is 6.85. The highest BCUT2D eigenvalue weighted by molar-refractivity contribution is 5.68.